The Labute approximate surface area is 87.7 Å². The first kappa shape index (κ1) is 12.0. The van der Waals surface area contributed by atoms with Crippen molar-refractivity contribution in [3.05, 3.63) is 0 Å². The van der Waals surface area contributed by atoms with E-state index >= 15 is 0 Å². The number of aliphatic hydroxyl groups excluding tert-OH is 1. The third kappa shape index (κ3) is 3.25. The summed E-state index contributed by atoms with van der Waals surface area (Å²) in [6, 6.07) is 0. The Bertz CT molecular complexity index is 156. The summed E-state index contributed by atoms with van der Waals surface area (Å²) < 4.78 is 5.08. The highest BCUT2D eigenvalue weighted by Crippen LogP contribution is 2.35. The summed E-state index contributed by atoms with van der Waals surface area (Å²) in [6.45, 7) is 5.36. The second-order valence-electron chi connectivity index (χ2n) is 4.93. The Morgan fingerprint density at radius 3 is 2.64 bits per heavy atom. The molecule has 14 heavy (non-hydrogen) atoms. The zero-order valence-electron chi connectivity index (χ0n) is 9.70. The first-order valence-corrected chi connectivity index (χ1v) is 5.82. The van der Waals surface area contributed by atoms with Crippen molar-refractivity contribution in [3.63, 3.8) is 0 Å². The fraction of sp³-hybridized carbons (Fsp3) is 1.00. The third-order valence-electron chi connectivity index (χ3n) is 3.62. The van der Waals surface area contributed by atoms with Crippen LogP contribution in [0.3, 0.4) is 0 Å². The van der Waals surface area contributed by atoms with Gasteiger partial charge >= 0.3 is 0 Å². The van der Waals surface area contributed by atoms with E-state index in [1.54, 1.807) is 7.11 Å². The molecule has 0 aromatic rings. The van der Waals surface area contributed by atoms with E-state index < -0.39 is 0 Å². The van der Waals surface area contributed by atoms with E-state index in [4.69, 9.17) is 4.74 Å². The van der Waals surface area contributed by atoms with Gasteiger partial charge in [0.1, 0.15) is 0 Å². The van der Waals surface area contributed by atoms with Crippen molar-refractivity contribution in [2.45, 2.75) is 45.6 Å². The van der Waals surface area contributed by atoms with Crippen LogP contribution in [0, 0.1) is 17.8 Å². The van der Waals surface area contributed by atoms with E-state index in [2.05, 4.69) is 13.8 Å². The smallest absolute Gasteiger partial charge is 0.0569 e. The number of hydrogen-bond donors (Lipinski definition) is 1. The molecule has 2 nitrogen and oxygen atoms in total. The minimum absolute atomic E-state index is 0.0832. The van der Waals surface area contributed by atoms with Gasteiger partial charge in [0, 0.05) is 13.7 Å². The van der Waals surface area contributed by atoms with Crippen LogP contribution in [0.25, 0.3) is 0 Å². The highest BCUT2D eigenvalue weighted by Gasteiger charge is 2.29. The lowest BCUT2D eigenvalue weighted by Gasteiger charge is -2.35. The van der Waals surface area contributed by atoms with Crippen LogP contribution >= 0.6 is 0 Å². The molecule has 0 spiro atoms. The van der Waals surface area contributed by atoms with Crippen LogP contribution in [-0.4, -0.2) is 24.9 Å². The molecule has 3 atom stereocenters. The molecule has 0 aromatic heterocycles. The Morgan fingerprint density at radius 1 is 1.36 bits per heavy atom. The maximum atomic E-state index is 9.84. The van der Waals surface area contributed by atoms with Gasteiger partial charge in [-0.1, -0.05) is 13.8 Å². The molecular formula is C12H24O2. The molecule has 0 heterocycles. The topological polar surface area (TPSA) is 29.5 Å². The molecule has 3 unspecified atom stereocenters. The Hall–Kier alpha value is -0.0800. The molecule has 84 valence electrons. The van der Waals surface area contributed by atoms with E-state index in [1.807, 2.05) is 0 Å². The van der Waals surface area contributed by atoms with E-state index in [0.717, 1.165) is 31.3 Å². The van der Waals surface area contributed by atoms with Crippen molar-refractivity contribution in [2.24, 2.45) is 17.8 Å². The fourth-order valence-corrected chi connectivity index (χ4v) is 2.47. The first-order valence-electron chi connectivity index (χ1n) is 5.82. The lowest BCUT2D eigenvalue weighted by atomic mass is 9.74. The van der Waals surface area contributed by atoms with Gasteiger partial charge in [-0.15, -0.1) is 0 Å². The second-order valence-corrected chi connectivity index (χ2v) is 4.93. The highest BCUT2D eigenvalue weighted by molar-refractivity contribution is 4.81. The van der Waals surface area contributed by atoms with E-state index in [9.17, 15) is 5.11 Å². The third-order valence-corrected chi connectivity index (χ3v) is 3.62. The molecule has 1 rings (SSSR count). The summed E-state index contributed by atoms with van der Waals surface area (Å²) in [5, 5.41) is 9.84. The average Bonchev–Trinajstić information content (AvgIpc) is 2.16. The second kappa shape index (κ2) is 5.72. The molecule has 1 aliphatic carbocycles. The minimum Gasteiger partial charge on any atom is -0.393 e. The number of hydrogen-bond acceptors (Lipinski definition) is 2. The predicted molar refractivity (Wildman–Crippen MR) is 58.2 cm³/mol. The monoisotopic (exact) mass is 200 g/mol. The van der Waals surface area contributed by atoms with Crippen molar-refractivity contribution in [3.8, 4) is 0 Å². The number of methoxy groups -OCH3 is 1. The van der Waals surface area contributed by atoms with Crippen LogP contribution in [-0.2, 0) is 4.74 Å². The first-order chi connectivity index (χ1) is 6.65. The van der Waals surface area contributed by atoms with Gasteiger partial charge in [-0.3, -0.25) is 0 Å². The van der Waals surface area contributed by atoms with Gasteiger partial charge in [0.05, 0.1) is 6.10 Å². The van der Waals surface area contributed by atoms with Crippen LogP contribution in [0.15, 0.2) is 0 Å². The normalized spacial score (nSPS) is 33.6. The molecule has 1 aliphatic rings. The fourth-order valence-electron chi connectivity index (χ4n) is 2.47. The summed E-state index contributed by atoms with van der Waals surface area (Å²) in [5.74, 6) is 2.03. The minimum atomic E-state index is -0.0832. The van der Waals surface area contributed by atoms with Gasteiger partial charge in [0.15, 0.2) is 0 Å². The molecule has 0 amide bonds. The van der Waals surface area contributed by atoms with Crippen molar-refractivity contribution in [1.29, 1.82) is 0 Å². The molecular weight excluding hydrogens is 176 g/mol. The zero-order chi connectivity index (χ0) is 10.6. The predicted octanol–water partition coefficient (Wildman–Crippen LogP) is 2.46. The molecule has 2 heteroatoms. The quantitative estimate of drug-likeness (QED) is 0.755. The molecule has 0 aliphatic heterocycles. The molecule has 1 fully saturated rings. The van der Waals surface area contributed by atoms with Crippen LogP contribution < -0.4 is 0 Å². The summed E-state index contributed by atoms with van der Waals surface area (Å²) in [4.78, 5) is 0. The van der Waals surface area contributed by atoms with Crippen LogP contribution in [0.4, 0.5) is 0 Å². The lowest BCUT2D eigenvalue weighted by Crippen LogP contribution is -2.31. The molecule has 0 bridgehead atoms. The van der Waals surface area contributed by atoms with Gasteiger partial charge in [-0.2, -0.15) is 0 Å². The van der Waals surface area contributed by atoms with Gasteiger partial charge < -0.3 is 9.84 Å². The Kier molecular flexibility index (Phi) is 4.90. The molecule has 0 radical (unpaired) electrons. The van der Waals surface area contributed by atoms with E-state index in [-0.39, 0.29) is 6.10 Å². The zero-order valence-corrected chi connectivity index (χ0v) is 9.70. The summed E-state index contributed by atoms with van der Waals surface area (Å²) in [6.07, 6.45) is 4.29. The van der Waals surface area contributed by atoms with Gasteiger partial charge in [0.25, 0.3) is 0 Å². The number of rotatable bonds is 4. The molecule has 1 saturated carbocycles. The van der Waals surface area contributed by atoms with Crippen LogP contribution in [0.1, 0.15) is 39.5 Å². The summed E-state index contributed by atoms with van der Waals surface area (Å²) >= 11 is 0. The average molecular weight is 200 g/mol. The summed E-state index contributed by atoms with van der Waals surface area (Å²) in [5.41, 5.74) is 0. The van der Waals surface area contributed by atoms with Gasteiger partial charge in [-0.05, 0) is 43.4 Å². The highest BCUT2D eigenvalue weighted by atomic mass is 16.5. The SMILES string of the molecule is COCCC1CC(C(C)C)CCC1O. The maximum absolute atomic E-state index is 9.84. The van der Waals surface area contributed by atoms with Gasteiger partial charge in [0.2, 0.25) is 0 Å². The van der Waals surface area contributed by atoms with Crippen molar-refractivity contribution in [1.82, 2.24) is 0 Å². The van der Waals surface area contributed by atoms with E-state index in [0.29, 0.717) is 5.92 Å². The standard InChI is InChI=1S/C12H24O2/c1-9(2)10-4-5-12(13)11(8-10)6-7-14-3/h9-13H,4-8H2,1-3H3. The molecule has 1 N–H and O–H groups in total. The molecule has 0 aromatic carbocycles. The molecule has 0 saturated heterocycles. The van der Waals surface area contributed by atoms with Crippen LogP contribution in [0.2, 0.25) is 0 Å². The maximum Gasteiger partial charge on any atom is 0.0569 e. The Balaban J connectivity index is 2.38. The van der Waals surface area contributed by atoms with Gasteiger partial charge in [-0.25, -0.2) is 0 Å². The van der Waals surface area contributed by atoms with Crippen molar-refractivity contribution in [2.75, 3.05) is 13.7 Å². The Morgan fingerprint density at radius 2 is 2.07 bits per heavy atom. The van der Waals surface area contributed by atoms with Crippen molar-refractivity contribution < 1.29 is 9.84 Å². The van der Waals surface area contributed by atoms with Crippen LogP contribution in [0.5, 0.6) is 0 Å². The number of ether oxygens (including phenoxy) is 1. The lowest BCUT2D eigenvalue weighted by molar-refractivity contribution is 0.0211. The number of aliphatic hydroxyl groups is 1. The van der Waals surface area contributed by atoms with Crippen molar-refractivity contribution >= 4 is 0 Å². The largest absolute Gasteiger partial charge is 0.393 e. The summed E-state index contributed by atoms with van der Waals surface area (Å²) in [7, 11) is 1.73. The van der Waals surface area contributed by atoms with E-state index in [1.165, 1.54) is 12.8 Å².